The Bertz CT molecular complexity index is 703. The number of rotatable bonds is 0. The molecule has 3 aliphatic rings. The highest BCUT2D eigenvalue weighted by molar-refractivity contribution is 9.10. The standard InChI is InChI=1S/C19H25BrN2O2S/c1-19(2,3)24-18(23)21-7-5-15-14(11-21)13-9-12(20)10-16-17(13)22(15)6-4-8-25-16/h9-10,14-15H,4-8,11H2,1-3H3/t14-,15-/m0/s1. The Kier molecular flexibility index (Phi) is 4.47. The molecule has 0 saturated carbocycles. The summed E-state index contributed by atoms with van der Waals surface area (Å²) in [4.78, 5) is 18.5. The van der Waals surface area contributed by atoms with Gasteiger partial charge in [0.05, 0.1) is 5.69 Å². The first-order chi connectivity index (χ1) is 11.8. The van der Waals surface area contributed by atoms with Crippen LogP contribution in [0.2, 0.25) is 0 Å². The van der Waals surface area contributed by atoms with Gasteiger partial charge in [0.15, 0.2) is 0 Å². The van der Waals surface area contributed by atoms with E-state index in [0.717, 1.165) is 30.5 Å². The monoisotopic (exact) mass is 424 g/mol. The van der Waals surface area contributed by atoms with Gasteiger partial charge in [-0.2, -0.15) is 0 Å². The van der Waals surface area contributed by atoms with Gasteiger partial charge in [0.1, 0.15) is 5.60 Å². The molecule has 0 spiro atoms. The molecule has 1 aromatic carbocycles. The summed E-state index contributed by atoms with van der Waals surface area (Å²) in [5.74, 6) is 1.56. The van der Waals surface area contributed by atoms with Gasteiger partial charge in [0.2, 0.25) is 0 Å². The normalized spacial score (nSPS) is 25.3. The molecule has 0 N–H and O–H groups in total. The van der Waals surface area contributed by atoms with Crippen LogP contribution in [0, 0.1) is 0 Å². The van der Waals surface area contributed by atoms with Crippen molar-refractivity contribution in [3.63, 3.8) is 0 Å². The lowest BCUT2D eigenvalue weighted by molar-refractivity contribution is 0.0189. The first kappa shape index (κ1) is 17.5. The van der Waals surface area contributed by atoms with E-state index < -0.39 is 5.60 Å². The van der Waals surface area contributed by atoms with Crippen molar-refractivity contribution >= 4 is 39.5 Å². The fourth-order valence-corrected chi connectivity index (χ4v) is 5.97. The molecule has 0 bridgehead atoms. The topological polar surface area (TPSA) is 32.8 Å². The quantitative estimate of drug-likeness (QED) is 0.595. The molecule has 4 rings (SSSR count). The third kappa shape index (κ3) is 3.27. The molecule has 2 atom stereocenters. The van der Waals surface area contributed by atoms with Crippen molar-refractivity contribution in [1.82, 2.24) is 4.90 Å². The van der Waals surface area contributed by atoms with Crippen LogP contribution in [0.3, 0.4) is 0 Å². The zero-order chi connectivity index (χ0) is 17.8. The van der Waals surface area contributed by atoms with Crippen LogP contribution in [0.1, 0.15) is 45.1 Å². The van der Waals surface area contributed by atoms with Crippen LogP contribution in [0.5, 0.6) is 0 Å². The lowest BCUT2D eigenvalue weighted by Gasteiger charge is -2.39. The average molecular weight is 425 g/mol. The van der Waals surface area contributed by atoms with Crippen molar-refractivity contribution in [2.75, 3.05) is 30.3 Å². The van der Waals surface area contributed by atoms with Gasteiger partial charge in [0.25, 0.3) is 0 Å². The maximum absolute atomic E-state index is 12.5. The van der Waals surface area contributed by atoms with Crippen LogP contribution in [0.15, 0.2) is 21.5 Å². The maximum Gasteiger partial charge on any atom is 0.410 e. The van der Waals surface area contributed by atoms with E-state index in [2.05, 4.69) is 33.0 Å². The van der Waals surface area contributed by atoms with E-state index in [0.29, 0.717) is 12.0 Å². The van der Waals surface area contributed by atoms with Crippen molar-refractivity contribution in [3.05, 3.63) is 22.2 Å². The molecule has 1 aromatic rings. The van der Waals surface area contributed by atoms with Crippen LogP contribution >= 0.6 is 27.7 Å². The summed E-state index contributed by atoms with van der Waals surface area (Å²) in [6.45, 7) is 8.45. The van der Waals surface area contributed by atoms with Crippen LogP contribution < -0.4 is 4.90 Å². The minimum absolute atomic E-state index is 0.178. The fraction of sp³-hybridized carbons (Fsp3) is 0.632. The minimum Gasteiger partial charge on any atom is -0.444 e. The highest BCUT2D eigenvalue weighted by atomic mass is 79.9. The number of ether oxygens (including phenoxy) is 1. The van der Waals surface area contributed by atoms with E-state index in [4.69, 9.17) is 4.74 Å². The SMILES string of the molecule is CC(C)(C)OC(=O)N1CC[C@H]2[C@@H](C1)c1cc(Br)cc3c1N2CCCS3. The minimum atomic E-state index is -0.443. The number of halogens is 1. The zero-order valence-corrected chi connectivity index (χ0v) is 17.5. The summed E-state index contributed by atoms with van der Waals surface area (Å²) in [6, 6.07) is 5.03. The Morgan fingerprint density at radius 3 is 2.88 bits per heavy atom. The number of carbonyl (C=O) groups is 1. The second-order valence-corrected chi connectivity index (χ2v) is 10.2. The van der Waals surface area contributed by atoms with Gasteiger partial charge in [0, 0.05) is 41.0 Å². The van der Waals surface area contributed by atoms with Crippen LogP contribution in [0.25, 0.3) is 0 Å². The third-order valence-corrected chi connectivity index (χ3v) is 6.76. The molecule has 0 aliphatic carbocycles. The number of hydrogen-bond donors (Lipinski definition) is 0. The number of amides is 1. The lowest BCUT2D eigenvalue weighted by Crippen LogP contribution is -2.49. The summed E-state index contributed by atoms with van der Waals surface area (Å²) in [7, 11) is 0. The third-order valence-electron chi connectivity index (χ3n) is 5.19. The highest BCUT2D eigenvalue weighted by Gasteiger charge is 2.45. The Morgan fingerprint density at radius 1 is 1.32 bits per heavy atom. The number of fused-ring (bicyclic) bond motifs is 3. The average Bonchev–Trinajstić information content (AvgIpc) is 2.68. The molecule has 1 fully saturated rings. The fourth-order valence-electron chi connectivity index (χ4n) is 4.27. The highest BCUT2D eigenvalue weighted by Crippen LogP contribution is 2.51. The van der Waals surface area contributed by atoms with E-state index >= 15 is 0 Å². The first-order valence-corrected chi connectivity index (χ1v) is 10.8. The van der Waals surface area contributed by atoms with Crippen molar-refractivity contribution in [2.24, 2.45) is 0 Å². The number of anilines is 1. The first-order valence-electron chi connectivity index (χ1n) is 9.04. The van der Waals surface area contributed by atoms with E-state index in [1.165, 1.54) is 28.3 Å². The van der Waals surface area contributed by atoms with Gasteiger partial charge in [-0.1, -0.05) is 15.9 Å². The number of nitrogens with zero attached hydrogens (tertiary/aromatic N) is 2. The van der Waals surface area contributed by atoms with Crippen LogP contribution in [-0.2, 0) is 4.74 Å². The van der Waals surface area contributed by atoms with Crippen molar-refractivity contribution in [3.8, 4) is 0 Å². The summed E-state index contributed by atoms with van der Waals surface area (Å²) >= 11 is 5.65. The number of piperidine rings is 1. The van der Waals surface area contributed by atoms with Gasteiger partial charge in [-0.05, 0) is 57.1 Å². The molecular formula is C19H25BrN2O2S. The maximum atomic E-state index is 12.5. The molecule has 0 radical (unpaired) electrons. The zero-order valence-electron chi connectivity index (χ0n) is 15.0. The van der Waals surface area contributed by atoms with Gasteiger partial charge in [-0.3, -0.25) is 0 Å². The smallest absolute Gasteiger partial charge is 0.410 e. The van der Waals surface area contributed by atoms with E-state index in [1.54, 1.807) is 0 Å². The molecule has 3 aliphatic heterocycles. The van der Waals surface area contributed by atoms with Gasteiger partial charge in [-0.25, -0.2) is 4.79 Å². The van der Waals surface area contributed by atoms with E-state index in [-0.39, 0.29) is 6.09 Å². The second kappa shape index (κ2) is 6.38. The molecule has 3 heterocycles. The van der Waals surface area contributed by atoms with Crippen LogP contribution in [-0.4, -0.2) is 48.0 Å². The Hall–Kier alpha value is -0.880. The van der Waals surface area contributed by atoms with Gasteiger partial charge < -0.3 is 14.5 Å². The Labute approximate surface area is 162 Å². The summed E-state index contributed by atoms with van der Waals surface area (Å²) in [5, 5.41) is 0. The molecule has 25 heavy (non-hydrogen) atoms. The molecule has 0 unspecified atom stereocenters. The van der Waals surface area contributed by atoms with Crippen molar-refractivity contribution in [2.45, 2.75) is 56.1 Å². The number of benzene rings is 1. The largest absolute Gasteiger partial charge is 0.444 e. The predicted molar refractivity (Wildman–Crippen MR) is 106 cm³/mol. The Balaban J connectivity index is 1.64. The van der Waals surface area contributed by atoms with E-state index in [9.17, 15) is 4.79 Å². The van der Waals surface area contributed by atoms with Gasteiger partial charge >= 0.3 is 6.09 Å². The molecule has 6 heteroatoms. The summed E-state index contributed by atoms with van der Waals surface area (Å²) in [6.07, 6.45) is 2.05. The molecule has 4 nitrogen and oxygen atoms in total. The second-order valence-electron chi connectivity index (χ2n) is 8.13. The predicted octanol–water partition coefficient (Wildman–Crippen LogP) is 4.86. The van der Waals surface area contributed by atoms with Gasteiger partial charge in [-0.15, -0.1) is 11.8 Å². The molecule has 1 saturated heterocycles. The lowest BCUT2D eigenvalue weighted by atomic mass is 9.89. The summed E-state index contributed by atoms with van der Waals surface area (Å²) < 4.78 is 6.75. The van der Waals surface area contributed by atoms with Crippen molar-refractivity contribution in [1.29, 1.82) is 0 Å². The van der Waals surface area contributed by atoms with Crippen molar-refractivity contribution < 1.29 is 9.53 Å². The molecule has 0 aromatic heterocycles. The van der Waals surface area contributed by atoms with E-state index in [1.807, 2.05) is 37.4 Å². The molecule has 136 valence electrons. The molecule has 1 amide bonds. The summed E-state index contributed by atoms with van der Waals surface area (Å²) in [5.41, 5.74) is 2.38. The number of hydrogen-bond acceptors (Lipinski definition) is 4. The molecular weight excluding hydrogens is 400 g/mol. The number of carbonyl (C=O) groups excluding carboxylic acids is 1. The van der Waals surface area contributed by atoms with Crippen LogP contribution in [0.4, 0.5) is 10.5 Å². The number of likely N-dealkylation sites (tertiary alicyclic amines) is 1. The Morgan fingerprint density at radius 2 is 2.12 bits per heavy atom. The number of thioether (sulfide) groups is 1.